The van der Waals surface area contributed by atoms with Crippen molar-refractivity contribution in [2.75, 3.05) is 6.54 Å². The van der Waals surface area contributed by atoms with Crippen LogP contribution in [0.15, 0.2) is 42.5 Å². The summed E-state index contributed by atoms with van der Waals surface area (Å²) in [5, 5.41) is 21.2. The molecule has 0 atom stereocenters. The maximum atomic E-state index is 12.1. The van der Waals surface area contributed by atoms with Gasteiger partial charge in [0.2, 0.25) is 0 Å². The zero-order valence-corrected chi connectivity index (χ0v) is 12.0. The van der Waals surface area contributed by atoms with E-state index in [0.29, 0.717) is 6.42 Å². The molecular weight excluding hydrogens is 308 g/mol. The highest BCUT2D eigenvalue weighted by molar-refractivity contribution is 5.94. The first-order valence-corrected chi connectivity index (χ1v) is 6.79. The lowest BCUT2D eigenvalue weighted by Gasteiger charge is -2.08. The molecule has 0 aliphatic heterocycles. The molecule has 2 aromatic carbocycles. The van der Waals surface area contributed by atoms with Crippen molar-refractivity contribution in [2.24, 2.45) is 0 Å². The minimum Gasteiger partial charge on any atom is -0.504 e. The number of aromatic hydroxyl groups is 2. The van der Waals surface area contributed by atoms with E-state index < -0.39 is 12.5 Å². The lowest BCUT2D eigenvalue weighted by atomic mass is 10.1. The van der Waals surface area contributed by atoms with E-state index in [0.717, 1.165) is 5.56 Å². The summed E-state index contributed by atoms with van der Waals surface area (Å²) in [5.41, 5.74) is 0.937. The van der Waals surface area contributed by atoms with Crippen LogP contribution in [0.2, 0.25) is 0 Å². The molecule has 0 spiro atoms. The molecule has 0 aliphatic carbocycles. The Labute approximate surface area is 131 Å². The van der Waals surface area contributed by atoms with Gasteiger partial charge in [-0.25, -0.2) is 0 Å². The Hall–Kier alpha value is -2.83. The Kier molecular flexibility index (Phi) is 5.35. The molecule has 0 bridgehead atoms. The monoisotopic (exact) mass is 323 g/mol. The van der Waals surface area contributed by atoms with Crippen molar-refractivity contribution in [1.82, 2.24) is 5.32 Å². The zero-order chi connectivity index (χ0) is 16.8. The lowest BCUT2D eigenvalue weighted by molar-refractivity contribution is -0.0498. The molecule has 0 fully saturated rings. The first kappa shape index (κ1) is 16.5. The Morgan fingerprint density at radius 2 is 1.91 bits per heavy atom. The highest BCUT2D eigenvalue weighted by Crippen LogP contribution is 2.24. The molecule has 2 aromatic rings. The fraction of sp³-hybridized carbons (Fsp3) is 0.188. The summed E-state index contributed by atoms with van der Waals surface area (Å²) in [4.78, 5) is 12.0. The van der Waals surface area contributed by atoms with Gasteiger partial charge >= 0.3 is 6.61 Å². The van der Waals surface area contributed by atoms with Crippen LogP contribution in [0.25, 0.3) is 0 Å². The van der Waals surface area contributed by atoms with Crippen molar-refractivity contribution in [3.8, 4) is 17.2 Å². The van der Waals surface area contributed by atoms with E-state index in [1.165, 1.54) is 36.4 Å². The van der Waals surface area contributed by atoms with Crippen LogP contribution in [-0.2, 0) is 6.42 Å². The standard InChI is InChI=1S/C16H15F2NO4/c17-16(18)23-12-3-1-2-11(9-12)15(22)19-7-6-10-4-5-13(20)14(21)8-10/h1-5,8-9,16,20-21H,6-7H2,(H,19,22). The average Bonchev–Trinajstić information content (AvgIpc) is 2.50. The molecule has 0 unspecified atom stereocenters. The number of carbonyl (C=O) groups is 1. The number of hydrogen-bond donors (Lipinski definition) is 3. The van der Waals surface area contributed by atoms with Gasteiger partial charge in [0.15, 0.2) is 11.5 Å². The van der Waals surface area contributed by atoms with E-state index >= 15 is 0 Å². The SMILES string of the molecule is O=C(NCCc1ccc(O)c(O)c1)c1cccc(OC(F)F)c1. The third-order valence-electron chi connectivity index (χ3n) is 3.06. The number of carbonyl (C=O) groups excluding carboxylic acids is 1. The molecule has 0 aliphatic rings. The van der Waals surface area contributed by atoms with Crippen molar-refractivity contribution in [1.29, 1.82) is 0 Å². The second kappa shape index (κ2) is 7.44. The van der Waals surface area contributed by atoms with Crippen molar-refractivity contribution >= 4 is 5.91 Å². The topological polar surface area (TPSA) is 78.8 Å². The van der Waals surface area contributed by atoms with Crippen LogP contribution >= 0.6 is 0 Å². The highest BCUT2D eigenvalue weighted by atomic mass is 19.3. The van der Waals surface area contributed by atoms with Gasteiger partial charge in [0.25, 0.3) is 5.91 Å². The van der Waals surface area contributed by atoms with Gasteiger partial charge in [-0.05, 0) is 42.3 Å². The first-order valence-electron chi connectivity index (χ1n) is 6.79. The number of amides is 1. The van der Waals surface area contributed by atoms with Crippen molar-refractivity contribution in [2.45, 2.75) is 13.0 Å². The predicted octanol–water partition coefficient (Wildman–Crippen LogP) is 2.67. The van der Waals surface area contributed by atoms with Crippen LogP contribution < -0.4 is 10.1 Å². The van der Waals surface area contributed by atoms with E-state index in [-0.39, 0.29) is 29.4 Å². The largest absolute Gasteiger partial charge is 0.504 e. The van der Waals surface area contributed by atoms with E-state index in [4.69, 9.17) is 0 Å². The van der Waals surface area contributed by atoms with Crippen LogP contribution in [-0.4, -0.2) is 29.3 Å². The molecular formula is C16H15F2NO4. The average molecular weight is 323 g/mol. The second-order valence-electron chi connectivity index (χ2n) is 4.74. The maximum Gasteiger partial charge on any atom is 0.387 e. The third-order valence-corrected chi connectivity index (χ3v) is 3.06. The highest BCUT2D eigenvalue weighted by Gasteiger charge is 2.09. The molecule has 7 heteroatoms. The molecule has 3 N–H and O–H groups in total. The number of benzene rings is 2. The number of ether oxygens (including phenoxy) is 1. The summed E-state index contributed by atoms with van der Waals surface area (Å²) in [6.45, 7) is -2.67. The number of hydrogen-bond acceptors (Lipinski definition) is 4. The second-order valence-corrected chi connectivity index (χ2v) is 4.74. The number of halogens is 2. The van der Waals surface area contributed by atoms with Crippen molar-refractivity contribution < 1.29 is 28.5 Å². The Morgan fingerprint density at radius 1 is 1.13 bits per heavy atom. The van der Waals surface area contributed by atoms with E-state index in [1.54, 1.807) is 6.07 Å². The summed E-state index contributed by atoms with van der Waals surface area (Å²) >= 11 is 0. The number of rotatable bonds is 6. The molecule has 2 rings (SSSR count). The minimum atomic E-state index is -2.95. The molecule has 1 amide bonds. The summed E-state index contributed by atoms with van der Waals surface area (Å²) in [5.74, 6) is -0.955. The summed E-state index contributed by atoms with van der Waals surface area (Å²) in [6.07, 6.45) is 0.437. The lowest BCUT2D eigenvalue weighted by Crippen LogP contribution is -2.25. The molecule has 0 radical (unpaired) electrons. The van der Waals surface area contributed by atoms with Crippen molar-refractivity contribution in [3.05, 3.63) is 53.6 Å². The molecule has 0 aromatic heterocycles. The van der Waals surface area contributed by atoms with Crippen LogP contribution in [0.4, 0.5) is 8.78 Å². The van der Waals surface area contributed by atoms with E-state index in [1.807, 2.05) is 0 Å². The summed E-state index contributed by atoms with van der Waals surface area (Å²) in [7, 11) is 0. The van der Waals surface area contributed by atoms with Gasteiger partial charge in [-0.15, -0.1) is 0 Å². The summed E-state index contributed by atoms with van der Waals surface area (Å²) < 4.78 is 28.5. The molecule has 0 saturated heterocycles. The predicted molar refractivity (Wildman–Crippen MR) is 78.9 cm³/mol. The quantitative estimate of drug-likeness (QED) is 0.714. The number of alkyl halides is 2. The third kappa shape index (κ3) is 4.84. The smallest absolute Gasteiger partial charge is 0.387 e. The van der Waals surface area contributed by atoms with Crippen LogP contribution in [0, 0.1) is 0 Å². The maximum absolute atomic E-state index is 12.1. The zero-order valence-electron chi connectivity index (χ0n) is 12.0. The van der Waals surface area contributed by atoms with Crippen LogP contribution in [0.1, 0.15) is 15.9 Å². The molecule has 0 heterocycles. The fourth-order valence-corrected chi connectivity index (χ4v) is 1.96. The minimum absolute atomic E-state index is 0.0869. The molecule has 5 nitrogen and oxygen atoms in total. The van der Waals surface area contributed by atoms with Gasteiger partial charge in [0, 0.05) is 12.1 Å². The number of phenolic OH excluding ortho intramolecular Hbond substituents is 2. The normalized spacial score (nSPS) is 10.6. The first-order chi connectivity index (χ1) is 11.0. The Bertz CT molecular complexity index is 692. The molecule has 0 saturated carbocycles. The van der Waals surface area contributed by atoms with E-state index in [2.05, 4.69) is 10.1 Å². The van der Waals surface area contributed by atoms with Crippen LogP contribution in [0.3, 0.4) is 0 Å². The van der Waals surface area contributed by atoms with Gasteiger partial charge in [0.05, 0.1) is 0 Å². The Balaban J connectivity index is 1.90. The van der Waals surface area contributed by atoms with Crippen molar-refractivity contribution in [3.63, 3.8) is 0 Å². The number of phenols is 2. The van der Waals surface area contributed by atoms with Gasteiger partial charge in [-0.1, -0.05) is 12.1 Å². The van der Waals surface area contributed by atoms with Crippen LogP contribution in [0.5, 0.6) is 17.2 Å². The van der Waals surface area contributed by atoms with Gasteiger partial charge in [-0.3, -0.25) is 4.79 Å². The number of nitrogens with one attached hydrogen (secondary N) is 1. The van der Waals surface area contributed by atoms with E-state index in [9.17, 15) is 23.8 Å². The Morgan fingerprint density at radius 3 is 2.61 bits per heavy atom. The fourth-order valence-electron chi connectivity index (χ4n) is 1.96. The van der Waals surface area contributed by atoms with Gasteiger partial charge < -0.3 is 20.3 Å². The van der Waals surface area contributed by atoms with Gasteiger partial charge in [-0.2, -0.15) is 8.78 Å². The summed E-state index contributed by atoms with van der Waals surface area (Å²) in [6, 6.07) is 9.88. The molecule has 23 heavy (non-hydrogen) atoms. The van der Waals surface area contributed by atoms with Gasteiger partial charge in [0.1, 0.15) is 5.75 Å². The molecule has 122 valence electrons.